The highest BCUT2D eigenvalue weighted by Gasteiger charge is 2.33. The molecule has 2 aromatic rings. The molecular formula is C36H46FN5O4S2. The second-order valence-corrected chi connectivity index (χ2v) is 14.1. The van der Waals surface area contributed by atoms with Crippen LogP contribution in [0.15, 0.2) is 34.0 Å². The third kappa shape index (κ3) is 9.47. The van der Waals surface area contributed by atoms with Gasteiger partial charge in [0, 0.05) is 56.9 Å². The molecule has 1 aromatic heterocycles. The highest BCUT2D eigenvalue weighted by atomic mass is 32.2. The average molecular weight is 696 g/mol. The van der Waals surface area contributed by atoms with Crippen LogP contribution in [0.2, 0.25) is 0 Å². The highest BCUT2D eigenvalue weighted by molar-refractivity contribution is 8.26. The zero-order chi connectivity index (χ0) is 34.6. The first kappa shape index (κ1) is 37.1. The molecule has 3 heterocycles. The van der Waals surface area contributed by atoms with Crippen molar-refractivity contribution in [3.05, 3.63) is 62.0 Å². The summed E-state index contributed by atoms with van der Waals surface area (Å²) in [6.07, 6.45) is 11.4. The zero-order valence-electron chi connectivity index (χ0n) is 28.0. The molecule has 2 aliphatic heterocycles. The van der Waals surface area contributed by atoms with Crippen LogP contribution >= 0.6 is 24.0 Å². The molecule has 1 amide bonds. The van der Waals surface area contributed by atoms with Gasteiger partial charge in [0.2, 0.25) is 0 Å². The van der Waals surface area contributed by atoms with Gasteiger partial charge < -0.3 is 14.9 Å². The van der Waals surface area contributed by atoms with Crippen molar-refractivity contribution in [2.45, 2.75) is 91.0 Å². The molecule has 9 nitrogen and oxygen atoms in total. The molecule has 0 spiro atoms. The van der Waals surface area contributed by atoms with Crippen LogP contribution < -0.4 is 15.4 Å². The number of nitriles is 1. The number of carbonyl (C=O) groups is 2. The minimum absolute atomic E-state index is 0.0865. The molecule has 12 heteroatoms. The van der Waals surface area contributed by atoms with Crippen molar-refractivity contribution in [2.24, 2.45) is 0 Å². The Kier molecular flexibility index (Phi) is 14.1. The van der Waals surface area contributed by atoms with Crippen LogP contribution in [-0.4, -0.2) is 63.5 Å². The van der Waals surface area contributed by atoms with Crippen LogP contribution in [-0.2, 0) is 16.1 Å². The van der Waals surface area contributed by atoms with E-state index < -0.39 is 5.97 Å². The van der Waals surface area contributed by atoms with E-state index in [1.807, 2.05) is 6.08 Å². The van der Waals surface area contributed by atoms with Gasteiger partial charge in [-0.15, -0.1) is 0 Å². The summed E-state index contributed by atoms with van der Waals surface area (Å²) in [5, 5.41) is 18.8. The Labute approximate surface area is 292 Å². The number of anilines is 2. The lowest BCUT2D eigenvalue weighted by atomic mass is 10.0. The summed E-state index contributed by atoms with van der Waals surface area (Å²) < 4.78 is 15.8. The predicted molar refractivity (Wildman–Crippen MR) is 195 cm³/mol. The fraction of sp³-hybridized carbons (Fsp3) is 0.528. The van der Waals surface area contributed by atoms with Crippen molar-refractivity contribution in [1.29, 1.82) is 5.26 Å². The third-order valence-corrected chi connectivity index (χ3v) is 10.4. The number of halogens is 1. The van der Waals surface area contributed by atoms with Crippen LogP contribution in [0.4, 0.5) is 15.9 Å². The number of rotatable bonds is 17. The molecule has 0 saturated carbocycles. The first-order valence-corrected chi connectivity index (χ1v) is 18.3. The average Bonchev–Trinajstić information content (AvgIpc) is 3.34. The Morgan fingerprint density at radius 1 is 0.958 bits per heavy atom. The predicted octanol–water partition coefficient (Wildman–Crippen LogP) is 7.09. The lowest BCUT2D eigenvalue weighted by Crippen LogP contribution is -2.48. The summed E-state index contributed by atoms with van der Waals surface area (Å²) >= 11 is 6.90. The number of hydrogen-bond donors (Lipinski definition) is 1. The SMILES string of the molecule is CCCCn1c(N2CCN(c3ccc(F)cc3)CC2)c(/C=C2\SC(=S)N(CCCCCCCCCCC(=O)O)C2=O)c(C)c(C#N)c1=O. The van der Waals surface area contributed by atoms with E-state index in [0.29, 0.717) is 59.6 Å². The van der Waals surface area contributed by atoms with Crippen molar-refractivity contribution in [2.75, 3.05) is 42.5 Å². The second-order valence-electron chi connectivity index (χ2n) is 12.4. The number of piperazine rings is 1. The van der Waals surface area contributed by atoms with Crippen LogP contribution in [0.5, 0.6) is 0 Å². The number of pyridine rings is 1. The Hall–Kier alpha value is -3.69. The van der Waals surface area contributed by atoms with Gasteiger partial charge in [-0.1, -0.05) is 75.8 Å². The Morgan fingerprint density at radius 3 is 2.17 bits per heavy atom. The van der Waals surface area contributed by atoms with Gasteiger partial charge in [-0.2, -0.15) is 5.26 Å². The zero-order valence-corrected chi connectivity index (χ0v) is 29.6. The molecule has 1 aromatic carbocycles. The summed E-state index contributed by atoms with van der Waals surface area (Å²) in [4.78, 5) is 44.5. The number of hydrogen-bond acceptors (Lipinski definition) is 8. The van der Waals surface area contributed by atoms with Crippen LogP contribution in [0, 0.1) is 24.1 Å². The third-order valence-electron chi connectivity index (χ3n) is 9.02. The molecule has 2 saturated heterocycles. The smallest absolute Gasteiger partial charge is 0.303 e. The van der Waals surface area contributed by atoms with E-state index in [4.69, 9.17) is 17.3 Å². The Balaban J connectivity index is 1.50. The van der Waals surface area contributed by atoms with E-state index in [2.05, 4.69) is 22.8 Å². The molecule has 1 N–H and O–H groups in total. The van der Waals surface area contributed by atoms with Crippen molar-refractivity contribution in [3.8, 4) is 6.07 Å². The molecule has 258 valence electrons. The molecule has 0 unspecified atom stereocenters. The summed E-state index contributed by atoms with van der Waals surface area (Å²) in [5.74, 6) is -0.451. The topological polar surface area (TPSA) is 110 Å². The number of unbranched alkanes of at least 4 members (excludes halogenated alkanes) is 8. The number of benzene rings is 1. The second kappa shape index (κ2) is 18.2. The quantitative estimate of drug-likeness (QED) is 0.105. The highest BCUT2D eigenvalue weighted by Crippen LogP contribution is 2.36. The number of carboxylic acids is 1. The molecule has 0 radical (unpaired) electrons. The van der Waals surface area contributed by atoms with E-state index in [-0.39, 0.29) is 29.3 Å². The minimum Gasteiger partial charge on any atom is -0.481 e. The molecule has 4 rings (SSSR count). The largest absolute Gasteiger partial charge is 0.481 e. The maximum absolute atomic E-state index is 13.7. The maximum atomic E-state index is 13.7. The number of aromatic nitrogens is 1. The Bertz CT molecular complexity index is 1590. The summed E-state index contributed by atoms with van der Waals surface area (Å²) in [6.45, 7) is 7.39. The van der Waals surface area contributed by atoms with Gasteiger partial charge in [0.25, 0.3) is 11.5 Å². The standard InChI is InChI=1S/C36H46FN5O4S2/c1-3-4-18-41-33(40-22-20-39(21-23-40)28-16-14-27(37)15-17-28)29(26(2)30(25-38)34(41)45)24-31-35(46)42(36(47)48-31)19-12-10-8-6-5-7-9-11-13-32(43)44/h14-17,24H,3-13,18-23H2,1-2H3,(H,43,44)/b31-24-. The number of carbonyl (C=O) groups excluding carboxylic acids is 1. The molecule has 0 atom stereocenters. The number of nitrogens with zero attached hydrogens (tertiary/aromatic N) is 5. The van der Waals surface area contributed by atoms with Crippen LogP contribution in [0.3, 0.4) is 0 Å². The van der Waals surface area contributed by atoms with Gasteiger partial charge in [-0.05, 0) is 62.1 Å². The van der Waals surface area contributed by atoms with Gasteiger partial charge >= 0.3 is 5.97 Å². The number of thioether (sulfide) groups is 1. The minimum atomic E-state index is -0.739. The molecule has 2 aliphatic rings. The lowest BCUT2D eigenvalue weighted by molar-refractivity contribution is -0.137. The number of carboxylic acid groups (broad SMARTS) is 1. The molecular weight excluding hydrogens is 650 g/mol. The Morgan fingerprint density at radius 2 is 1.56 bits per heavy atom. The van der Waals surface area contributed by atoms with Crippen LogP contribution in [0.25, 0.3) is 6.08 Å². The van der Waals surface area contributed by atoms with E-state index >= 15 is 0 Å². The molecule has 0 aliphatic carbocycles. The molecule has 48 heavy (non-hydrogen) atoms. The van der Waals surface area contributed by atoms with E-state index in [1.165, 1.54) is 23.9 Å². The van der Waals surface area contributed by atoms with Gasteiger partial charge in [0.05, 0.1) is 4.91 Å². The summed E-state index contributed by atoms with van der Waals surface area (Å²) in [5.41, 5.74) is 1.96. The first-order valence-electron chi connectivity index (χ1n) is 17.1. The number of amides is 1. The molecule has 2 fully saturated rings. The van der Waals surface area contributed by atoms with E-state index in [1.54, 1.807) is 28.5 Å². The van der Waals surface area contributed by atoms with Gasteiger partial charge in [0.1, 0.15) is 27.6 Å². The monoisotopic (exact) mass is 695 g/mol. The van der Waals surface area contributed by atoms with Crippen molar-refractivity contribution in [1.82, 2.24) is 9.47 Å². The van der Waals surface area contributed by atoms with Gasteiger partial charge in [0.15, 0.2) is 0 Å². The molecule has 0 bridgehead atoms. The van der Waals surface area contributed by atoms with Gasteiger partial charge in [-0.25, -0.2) is 4.39 Å². The number of thiocarbonyl (C=S) groups is 1. The fourth-order valence-electron chi connectivity index (χ4n) is 6.27. The fourth-order valence-corrected chi connectivity index (χ4v) is 7.56. The van der Waals surface area contributed by atoms with Crippen molar-refractivity contribution < 1.29 is 19.1 Å². The van der Waals surface area contributed by atoms with Crippen LogP contribution in [0.1, 0.15) is 94.2 Å². The summed E-state index contributed by atoms with van der Waals surface area (Å²) in [7, 11) is 0. The van der Waals surface area contributed by atoms with Crippen molar-refractivity contribution >= 4 is 57.8 Å². The van der Waals surface area contributed by atoms with Crippen molar-refractivity contribution in [3.63, 3.8) is 0 Å². The first-order chi connectivity index (χ1) is 23.2. The van der Waals surface area contributed by atoms with E-state index in [9.17, 15) is 24.0 Å². The lowest BCUT2D eigenvalue weighted by Gasteiger charge is -2.39. The van der Waals surface area contributed by atoms with E-state index in [0.717, 1.165) is 75.7 Å². The maximum Gasteiger partial charge on any atom is 0.303 e. The number of aliphatic carboxylic acids is 1. The summed E-state index contributed by atoms with van der Waals surface area (Å²) in [6, 6.07) is 8.59. The van der Waals surface area contributed by atoms with Gasteiger partial charge in [-0.3, -0.25) is 23.9 Å². The normalized spacial score (nSPS) is 15.9.